The average molecular weight is 420 g/mol. The predicted octanol–water partition coefficient (Wildman–Crippen LogP) is 1.55. The smallest absolute Gasteiger partial charge is 0.369 e. The predicted molar refractivity (Wildman–Crippen MR) is 105 cm³/mol. The van der Waals surface area contributed by atoms with Gasteiger partial charge in [0.1, 0.15) is 6.73 Å². The van der Waals surface area contributed by atoms with Crippen LogP contribution in [-0.4, -0.2) is 39.3 Å². The van der Waals surface area contributed by atoms with Crippen molar-refractivity contribution >= 4 is 24.9 Å². The maximum Gasteiger partial charge on any atom is 0.406 e. The van der Waals surface area contributed by atoms with E-state index in [-0.39, 0.29) is 37.5 Å². The highest BCUT2D eigenvalue weighted by molar-refractivity contribution is 7.51. The van der Waals surface area contributed by atoms with Gasteiger partial charge in [0.15, 0.2) is 11.2 Å². The fourth-order valence-electron chi connectivity index (χ4n) is 3.03. The van der Waals surface area contributed by atoms with Crippen molar-refractivity contribution in [3.63, 3.8) is 0 Å². The van der Waals surface area contributed by atoms with Crippen LogP contribution in [0.1, 0.15) is 18.0 Å². The van der Waals surface area contributed by atoms with E-state index < -0.39 is 13.3 Å². The summed E-state index contributed by atoms with van der Waals surface area (Å²) in [5, 5.41) is 2.97. The molecule has 0 bridgehead atoms. The van der Waals surface area contributed by atoms with Gasteiger partial charge in [-0.25, -0.2) is 14.6 Å². The molecule has 0 saturated carbocycles. The fourth-order valence-corrected chi connectivity index (χ4v) is 4.57. The third-order valence-electron chi connectivity index (χ3n) is 4.40. The van der Waals surface area contributed by atoms with E-state index in [1.807, 2.05) is 30.3 Å². The summed E-state index contributed by atoms with van der Waals surface area (Å²) < 4.78 is 30.6. The molecule has 1 aliphatic heterocycles. The lowest BCUT2D eigenvalue weighted by atomic mass is 10.1. The van der Waals surface area contributed by atoms with Crippen LogP contribution in [0, 0.1) is 0 Å². The van der Waals surface area contributed by atoms with Gasteiger partial charge in [0.25, 0.3) is 5.56 Å². The summed E-state index contributed by atoms with van der Waals surface area (Å²) in [7, 11) is -3.41. The summed E-state index contributed by atoms with van der Waals surface area (Å²) in [5.41, 5.74) is 6.67. The van der Waals surface area contributed by atoms with Crippen LogP contribution in [-0.2, 0) is 25.1 Å². The second-order valence-corrected chi connectivity index (χ2v) is 8.19. The summed E-state index contributed by atoms with van der Waals surface area (Å²) in [4.78, 5) is 22.2. The SMILES string of the molecule is Nc1nc2c(ncn2COCCOP2(=O)NC(c3ccccc3)CCO2)c(=O)[nH]1. The van der Waals surface area contributed by atoms with Gasteiger partial charge in [-0.3, -0.25) is 23.4 Å². The Morgan fingerprint density at radius 1 is 1.31 bits per heavy atom. The van der Waals surface area contributed by atoms with Crippen LogP contribution in [0.5, 0.6) is 0 Å². The van der Waals surface area contributed by atoms with Gasteiger partial charge < -0.3 is 10.5 Å². The lowest BCUT2D eigenvalue weighted by Crippen LogP contribution is -2.28. The minimum absolute atomic E-state index is 0.000767. The van der Waals surface area contributed by atoms with Crippen LogP contribution in [0.4, 0.5) is 5.95 Å². The molecule has 4 N–H and O–H groups in total. The second kappa shape index (κ2) is 8.44. The Labute approximate surface area is 165 Å². The van der Waals surface area contributed by atoms with Crippen molar-refractivity contribution in [3.05, 3.63) is 52.6 Å². The average Bonchev–Trinajstić information content (AvgIpc) is 3.11. The van der Waals surface area contributed by atoms with Gasteiger partial charge in [-0.05, 0) is 12.0 Å². The van der Waals surface area contributed by atoms with Crippen LogP contribution >= 0.6 is 7.75 Å². The monoisotopic (exact) mass is 420 g/mol. The molecule has 4 rings (SSSR count). The summed E-state index contributed by atoms with van der Waals surface area (Å²) in [6, 6.07) is 9.64. The molecule has 1 aliphatic rings. The molecular weight excluding hydrogens is 399 g/mol. The summed E-state index contributed by atoms with van der Waals surface area (Å²) in [5.74, 6) is -0.000767. The van der Waals surface area contributed by atoms with Gasteiger partial charge in [0, 0.05) is 6.04 Å². The Kier molecular flexibility index (Phi) is 5.74. The zero-order chi connectivity index (χ0) is 20.3. The van der Waals surface area contributed by atoms with E-state index in [1.165, 1.54) is 6.33 Å². The number of nitrogens with zero attached hydrogens (tertiary/aromatic N) is 3. The molecule has 3 aromatic rings. The summed E-state index contributed by atoms with van der Waals surface area (Å²) in [6.45, 7) is 0.645. The number of ether oxygens (including phenoxy) is 1. The molecule has 2 aromatic heterocycles. The first-order valence-electron chi connectivity index (χ1n) is 9.04. The van der Waals surface area contributed by atoms with Crippen molar-refractivity contribution in [3.8, 4) is 0 Å². The van der Waals surface area contributed by atoms with Crippen molar-refractivity contribution in [2.24, 2.45) is 0 Å². The Morgan fingerprint density at radius 3 is 2.97 bits per heavy atom. The molecule has 1 aromatic carbocycles. The number of aromatic nitrogens is 4. The number of fused-ring (bicyclic) bond motifs is 1. The minimum Gasteiger partial charge on any atom is -0.369 e. The summed E-state index contributed by atoms with van der Waals surface area (Å²) >= 11 is 0. The van der Waals surface area contributed by atoms with Crippen LogP contribution in [0.15, 0.2) is 41.5 Å². The van der Waals surface area contributed by atoms with Crippen molar-refractivity contribution in [2.45, 2.75) is 19.2 Å². The van der Waals surface area contributed by atoms with Crippen LogP contribution in [0.3, 0.4) is 0 Å². The fraction of sp³-hybridized carbons (Fsp3) is 0.353. The third-order valence-corrected chi connectivity index (χ3v) is 6.07. The number of rotatable bonds is 7. The molecule has 3 heterocycles. The zero-order valence-electron chi connectivity index (χ0n) is 15.5. The van der Waals surface area contributed by atoms with Crippen molar-refractivity contribution in [1.82, 2.24) is 24.6 Å². The van der Waals surface area contributed by atoms with Gasteiger partial charge in [-0.2, -0.15) is 4.98 Å². The molecule has 154 valence electrons. The topological polar surface area (TPSA) is 146 Å². The number of nitrogens with one attached hydrogen (secondary N) is 2. The molecule has 11 nitrogen and oxygen atoms in total. The number of imidazole rings is 1. The van der Waals surface area contributed by atoms with Crippen LogP contribution < -0.4 is 16.4 Å². The highest BCUT2D eigenvalue weighted by atomic mass is 31.2. The van der Waals surface area contributed by atoms with Gasteiger partial charge in [-0.1, -0.05) is 30.3 Å². The largest absolute Gasteiger partial charge is 0.406 e. The highest BCUT2D eigenvalue weighted by Crippen LogP contribution is 2.49. The van der Waals surface area contributed by atoms with Crippen molar-refractivity contribution in [2.75, 3.05) is 25.6 Å². The first-order chi connectivity index (χ1) is 14.0. The molecule has 0 aliphatic carbocycles. The highest BCUT2D eigenvalue weighted by Gasteiger charge is 2.33. The van der Waals surface area contributed by atoms with E-state index in [0.717, 1.165) is 5.56 Å². The number of anilines is 1. The first kappa shape index (κ1) is 19.7. The number of nitrogens with two attached hydrogens (primary N) is 1. The van der Waals surface area contributed by atoms with E-state index in [9.17, 15) is 9.36 Å². The Bertz CT molecular complexity index is 1080. The van der Waals surface area contributed by atoms with Crippen molar-refractivity contribution in [1.29, 1.82) is 0 Å². The lowest BCUT2D eigenvalue weighted by Gasteiger charge is -2.30. The molecule has 29 heavy (non-hydrogen) atoms. The molecule has 0 amide bonds. The second-order valence-electron chi connectivity index (χ2n) is 6.42. The molecule has 1 fully saturated rings. The van der Waals surface area contributed by atoms with E-state index >= 15 is 0 Å². The lowest BCUT2D eigenvalue weighted by molar-refractivity contribution is 0.0471. The number of aromatic amines is 1. The number of hydrogen-bond donors (Lipinski definition) is 3. The maximum atomic E-state index is 12.8. The maximum absolute atomic E-state index is 12.8. The Hall–Kier alpha value is -2.56. The van der Waals surface area contributed by atoms with E-state index in [4.69, 9.17) is 19.5 Å². The zero-order valence-corrected chi connectivity index (χ0v) is 16.4. The number of benzene rings is 1. The first-order valence-corrected chi connectivity index (χ1v) is 10.6. The van der Waals surface area contributed by atoms with Crippen LogP contribution in [0.25, 0.3) is 11.2 Å². The quantitative estimate of drug-likeness (QED) is 0.383. The van der Waals surface area contributed by atoms with E-state index in [2.05, 4.69) is 20.0 Å². The molecule has 2 unspecified atom stereocenters. The van der Waals surface area contributed by atoms with Gasteiger partial charge in [0.05, 0.1) is 26.1 Å². The van der Waals surface area contributed by atoms with E-state index in [1.54, 1.807) is 4.57 Å². The van der Waals surface area contributed by atoms with Gasteiger partial charge in [0.2, 0.25) is 5.95 Å². The molecule has 0 radical (unpaired) electrons. The number of hydrogen-bond acceptors (Lipinski definition) is 8. The molecule has 1 saturated heterocycles. The Morgan fingerprint density at radius 2 is 2.14 bits per heavy atom. The number of H-pyrrole nitrogens is 1. The number of nitrogen functional groups attached to an aromatic ring is 1. The van der Waals surface area contributed by atoms with E-state index in [0.29, 0.717) is 18.7 Å². The molecule has 12 heteroatoms. The summed E-state index contributed by atoms with van der Waals surface area (Å²) in [6.07, 6.45) is 2.14. The molecular formula is C17H21N6O5P. The molecule has 0 spiro atoms. The normalized spacial score (nSPS) is 22.1. The van der Waals surface area contributed by atoms with Crippen molar-refractivity contribution < 1.29 is 18.3 Å². The van der Waals surface area contributed by atoms with Crippen LogP contribution in [0.2, 0.25) is 0 Å². The standard InChI is InChI=1S/C17H21N6O5P/c18-17-20-15-14(16(24)21-17)19-10-23(15)11-26-8-9-28-29(25)22-13(6-7-27-29)12-4-2-1-3-5-12/h1-5,10,13H,6-9,11H2,(H,22,25)(H3,18,20,21,24). The van der Waals surface area contributed by atoms with Gasteiger partial charge >= 0.3 is 7.75 Å². The minimum atomic E-state index is -3.41. The molecule has 2 atom stereocenters. The van der Waals surface area contributed by atoms with Gasteiger partial charge in [-0.15, -0.1) is 0 Å². The Balaban J connectivity index is 1.28. The third kappa shape index (κ3) is 4.55.